The van der Waals surface area contributed by atoms with Crippen LogP contribution in [0.25, 0.3) is 0 Å². The average Bonchev–Trinajstić information content (AvgIpc) is 2.69. The van der Waals surface area contributed by atoms with Crippen molar-refractivity contribution in [3.05, 3.63) is 64.1 Å². The van der Waals surface area contributed by atoms with Crippen molar-refractivity contribution >= 4 is 21.6 Å². The smallest absolute Gasteiger partial charge is 0.275 e. The van der Waals surface area contributed by atoms with Crippen LogP contribution in [0.3, 0.4) is 0 Å². The Balaban J connectivity index is 1.53. The van der Waals surface area contributed by atoms with Crippen LogP contribution < -0.4 is 10.3 Å². The number of amides is 1. The Morgan fingerprint density at radius 2 is 1.78 bits per heavy atom. The minimum atomic E-state index is -3.71. The Labute approximate surface area is 189 Å². The molecule has 0 aliphatic carbocycles. The number of rotatable bonds is 5. The van der Waals surface area contributed by atoms with E-state index in [2.05, 4.69) is 25.5 Å². The van der Waals surface area contributed by atoms with Crippen molar-refractivity contribution in [3.8, 4) is 0 Å². The van der Waals surface area contributed by atoms with E-state index in [0.717, 1.165) is 12.1 Å². The monoisotopic (exact) mass is 457 g/mol. The van der Waals surface area contributed by atoms with Gasteiger partial charge in [-0.2, -0.15) is 0 Å². The number of hydrogen-bond donors (Lipinski definition) is 1. The highest BCUT2D eigenvalue weighted by molar-refractivity contribution is 7.91. The van der Waals surface area contributed by atoms with Crippen molar-refractivity contribution in [2.24, 2.45) is 11.3 Å². The standard InChI is InChI=1S/C24H31N3O4S/c1-24(2,3)12-22(28)26-13-18-11-19(15-26)21-10-9-20(23(29)27(21)14-18)25-32(30,31)16-17-7-5-4-6-8-17/h4-10,18-19,25H,11-16H2,1-3H3/t18-,19-/m1/s1. The Morgan fingerprint density at radius 1 is 1.06 bits per heavy atom. The van der Waals surface area contributed by atoms with Gasteiger partial charge in [-0.3, -0.25) is 14.3 Å². The molecule has 1 aromatic carbocycles. The second-order valence-corrected chi connectivity index (χ2v) is 12.0. The van der Waals surface area contributed by atoms with Crippen molar-refractivity contribution in [1.29, 1.82) is 0 Å². The number of piperidine rings is 1. The second-order valence-electron chi connectivity index (χ2n) is 10.3. The fourth-order valence-corrected chi connectivity index (χ4v) is 5.98. The largest absolute Gasteiger partial charge is 0.342 e. The van der Waals surface area contributed by atoms with Gasteiger partial charge in [-0.1, -0.05) is 51.1 Å². The third-order valence-corrected chi connectivity index (χ3v) is 7.35. The predicted molar refractivity (Wildman–Crippen MR) is 125 cm³/mol. The van der Waals surface area contributed by atoms with Gasteiger partial charge in [-0.15, -0.1) is 0 Å². The number of benzene rings is 1. The fourth-order valence-electron chi connectivity index (χ4n) is 4.79. The van der Waals surface area contributed by atoms with Gasteiger partial charge in [-0.25, -0.2) is 8.42 Å². The molecule has 0 unspecified atom stereocenters. The number of nitrogens with one attached hydrogen (secondary N) is 1. The molecule has 32 heavy (non-hydrogen) atoms. The van der Waals surface area contributed by atoms with Gasteiger partial charge >= 0.3 is 0 Å². The van der Waals surface area contributed by atoms with Crippen LogP contribution in [0.2, 0.25) is 0 Å². The number of carbonyl (C=O) groups is 1. The molecule has 172 valence electrons. The Bertz CT molecular complexity index is 1170. The van der Waals surface area contributed by atoms with Gasteiger partial charge in [-0.05, 0) is 35.4 Å². The number of anilines is 1. The summed E-state index contributed by atoms with van der Waals surface area (Å²) in [6.07, 6.45) is 1.44. The van der Waals surface area contributed by atoms with E-state index in [1.54, 1.807) is 34.9 Å². The number of nitrogens with zero attached hydrogens (tertiary/aromatic N) is 2. The van der Waals surface area contributed by atoms with E-state index in [0.29, 0.717) is 31.6 Å². The van der Waals surface area contributed by atoms with Crippen LogP contribution in [0, 0.1) is 11.3 Å². The lowest BCUT2D eigenvalue weighted by molar-refractivity contribution is -0.135. The van der Waals surface area contributed by atoms with Crippen LogP contribution in [0.1, 0.15) is 50.8 Å². The number of hydrogen-bond acceptors (Lipinski definition) is 4. The highest BCUT2D eigenvalue weighted by Gasteiger charge is 2.37. The molecular formula is C24H31N3O4S. The summed E-state index contributed by atoms with van der Waals surface area (Å²) in [6, 6.07) is 12.3. The molecule has 1 N–H and O–H groups in total. The molecule has 2 aliphatic rings. The predicted octanol–water partition coefficient (Wildman–Crippen LogP) is 3.17. The zero-order chi connectivity index (χ0) is 23.1. The third kappa shape index (κ3) is 5.06. The molecule has 1 amide bonds. The van der Waals surface area contributed by atoms with Crippen molar-refractivity contribution in [2.75, 3.05) is 17.8 Å². The first kappa shape index (κ1) is 22.6. The summed E-state index contributed by atoms with van der Waals surface area (Å²) < 4.78 is 29.4. The van der Waals surface area contributed by atoms with Gasteiger partial charge in [0.25, 0.3) is 5.56 Å². The number of carbonyl (C=O) groups excluding carboxylic acids is 1. The Morgan fingerprint density at radius 3 is 2.47 bits per heavy atom. The molecule has 1 aromatic heterocycles. The van der Waals surface area contributed by atoms with Crippen molar-refractivity contribution < 1.29 is 13.2 Å². The molecule has 0 saturated carbocycles. The van der Waals surface area contributed by atoms with E-state index in [-0.39, 0.29) is 40.2 Å². The number of likely N-dealkylation sites (tertiary alicyclic amines) is 1. The maximum absolute atomic E-state index is 13.1. The highest BCUT2D eigenvalue weighted by atomic mass is 32.2. The maximum atomic E-state index is 13.1. The van der Waals surface area contributed by atoms with Gasteiger partial charge in [0, 0.05) is 37.7 Å². The Kier molecular flexibility index (Phi) is 5.92. The van der Waals surface area contributed by atoms with Gasteiger partial charge in [0.1, 0.15) is 5.69 Å². The molecule has 1 fully saturated rings. The molecule has 4 rings (SSSR count). The van der Waals surface area contributed by atoms with Crippen molar-refractivity contribution in [1.82, 2.24) is 9.47 Å². The van der Waals surface area contributed by atoms with Crippen LogP contribution >= 0.6 is 0 Å². The van der Waals surface area contributed by atoms with Crippen LogP contribution in [0.4, 0.5) is 5.69 Å². The molecular weight excluding hydrogens is 426 g/mol. The molecule has 3 heterocycles. The van der Waals surface area contributed by atoms with Crippen LogP contribution in [-0.2, 0) is 27.1 Å². The number of pyridine rings is 1. The number of fused-ring (bicyclic) bond motifs is 4. The summed E-state index contributed by atoms with van der Waals surface area (Å²) in [5.74, 6) is 0.256. The first-order chi connectivity index (χ1) is 15.0. The zero-order valence-electron chi connectivity index (χ0n) is 18.9. The van der Waals surface area contributed by atoms with E-state index in [1.165, 1.54) is 0 Å². The van der Waals surface area contributed by atoms with Crippen LogP contribution in [0.15, 0.2) is 47.3 Å². The molecule has 0 radical (unpaired) electrons. The summed E-state index contributed by atoms with van der Waals surface area (Å²) in [5, 5.41) is 0. The lowest BCUT2D eigenvalue weighted by Crippen LogP contribution is -2.49. The summed E-state index contributed by atoms with van der Waals surface area (Å²) >= 11 is 0. The summed E-state index contributed by atoms with van der Waals surface area (Å²) in [7, 11) is -3.71. The molecule has 2 bridgehead atoms. The molecule has 1 saturated heterocycles. The van der Waals surface area contributed by atoms with Gasteiger partial charge < -0.3 is 9.47 Å². The van der Waals surface area contributed by atoms with E-state index >= 15 is 0 Å². The fraction of sp³-hybridized carbons (Fsp3) is 0.500. The Hall–Kier alpha value is -2.61. The second kappa shape index (κ2) is 8.39. The normalized spacial score (nSPS) is 20.5. The molecule has 2 atom stereocenters. The summed E-state index contributed by atoms with van der Waals surface area (Å²) in [4.78, 5) is 27.8. The van der Waals surface area contributed by atoms with Crippen LogP contribution in [0.5, 0.6) is 0 Å². The lowest BCUT2D eigenvalue weighted by atomic mass is 9.82. The SMILES string of the molecule is CC(C)(C)CC(=O)N1C[C@H]2C[C@H](C1)c1ccc(NS(=O)(=O)Cc3ccccc3)c(=O)n1C2. The lowest BCUT2D eigenvalue weighted by Gasteiger charge is -2.43. The number of aromatic nitrogens is 1. The van der Waals surface area contributed by atoms with Gasteiger partial charge in [0.15, 0.2) is 0 Å². The van der Waals surface area contributed by atoms with Crippen molar-refractivity contribution in [3.63, 3.8) is 0 Å². The minimum absolute atomic E-state index is 0.0652. The summed E-state index contributed by atoms with van der Waals surface area (Å²) in [5.41, 5.74) is 1.23. The molecule has 0 spiro atoms. The van der Waals surface area contributed by atoms with E-state index in [9.17, 15) is 18.0 Å². The minimum Gasteiger partial charge on any atom is -0.342 e. The molecule has 8 heteroatoms. The maximum Gasteiger partial charge on any atom is 0.275 e. The highest BCUT2D eigenvalue weighted by Crippen LogP contribution is 2.36. The first-order valence-electron chi connectivity index (χ1n) is 11.1. The quantitative estimate of drug-likeness (QED) is 0.747. The van der Waals surface area contributed by atoms with E-state index < -0.39 is 10.0 Å². The zero-order valence-corrected chi connectivity index (χ0v) is 19.7. The topological polar surface area (TPSA) is 88.5 Å². The average molecular weight is 458 g/mol. The van der Waals surface area contributed by atoms with E-state index in [4.69, 9.17) is 0 Å². The van der Waals surface area contributed by atoms with Crippen molar-refractivity contribution in [2.45, 2.75) is 51.8 Å². The van der Waals surface area contributed by atoms with E-state index in [1.807, 2.05) is 17.0 Å². The molecule has 2 aromatic rings. The third-order valence-electron chi connectivity index (χ3n) is 6.10. The molecule has 7 nitrogen and oxygen atoms in total. The van der Waals surface area contributed by atoms with Crippen LogP contribution in [-0.4, -0.2) is 36.9 Å². The number of sulfonamides is 1. The van der Waals surface area contributed by atoms with Gasteiger partial charge in [0.2, 0.25) is 15.9 Å². The summed E-state index contributed by atoms with van der Waals surface area (Å²) in [6.45, 7) is 7.92. The van der Waals surface area contributed by atoms with Gasteiger partial charge in [0.05, 0.1) is 5.75 Å². The first-order valence-corrected chi connectivity index (χ1v) is 12.7. The molecule has 2 aliphatic heterocycles.